The molecule has 0 saturated carbocycles. The zero-order valence-corrected chi connectivity index (χ0v) is 15.5. The summed E-state index contributed by atoms with van der Waals surface area (Å²) >= 11 is 0. The van der Waals surface area contributed by atoms with Crippen molar-refractivity contribution >= 4 is 11.7 Å². The lowest BCUT2D eigenvalue weighted by atomic mass is 9.91. The molecular formula is C19H27N5O2. The predicted octanol–water partition coefficient (Wildman–Crippen LogP) is 1.18. The standard InChI is InChI=1S/C19H27N5O2/c1-14(2)16-11-23(13-19(25)24-6-8-26-9-7-24)12-17(16)22-18-5-3-4-15(10-20)21-18/h3-5,14,16-17H,6-9,11-13H2,1-2H3,(H,21,22)/t16-,17+/m1/s1. The van der Waals surface area contributed by atoms with Gasteiger partial charge < -0.3 is 15.0 Å². The average molecular weight is 357 g/mol. The molecule has 1 aromatic heterocycles. The molecule has 26 heavy (non-hydrogen) atoms. The topological polar surface area (TPSA) is 81.5 Å². The van der Waals surface area contributed by atoms with Crippen LogP contribution < -0.4 is 5.32 Å². The van der Waals surface area contributed by atoms with Gasteiger partial charge in [0.1, 0.15) is 17.6 Å². The first-order valence-electron chi connectivity index (χ1n) is 9.28. The van der Waals surface area contributed by atoms with Gasteiger partial charge in [-0.1, -0.05) is 19.9 Å². The van der Waals surface area contributed by atoms with Gasteiger partial charge >= 0.3 is 0 Å². The van der Waals surface area contributed by atoms with Gasteiger partial charge in [0.05, 0.1) is 19.8 Å². The minimum absolute atomic E-state index is 0.182. The highest BCUT2D eigenvalue weighted by atomic mass is 16.5. The molecule has 0 aromatic carbocycles. The zero-order chi connectivity index (χ0) is 18.5. The van der Waals surface area contributed by atoms with E-state index < -0.39 is 0 Å². The van der Waals surface area contributed by atoms with E-state index >= 15 is 0 Å². The van der Waals surface area contributed by atoms with Crippen LogP contribution in [0, 0.1) is 23.2 Å². The number of nitrogens with zero attached hydrogens (tertiary/aromatic N) is 4. The molecule has 2 atom stereocenters. The lowest BCUT2D eigenvalue weighted by Gasteiger charge is -2.28. The number of carbonyl (C=O) groups is 1. The Hall–Kier alpha value is -2.17. The van der Waals surface area contributed by atoms with Crippen molar-refractivity contribution in [3.63, 3.8) is 0 Å². The van der Waals surface area contributed by atoms with Crippen molar-refractivity contribution in [2.75, 3.05) is 51.3 Å². The van der Waals surface area contributed by atoms with Crippen LogP contribution in [-0.4, -0.2) is 72.7 Å². The fourth-order valence-corrected chi connectivity index (χ4v) is 3.74. The van der Waals surface area contributed by atoms with E-state index in [4.69, 9.17) is 10.00 Å². The third kappa shape index (κ3) is 4.51. The normalized spacial score (nSPS) is 23.8. The number of pyridine rings is 1. The summed E-state index contributed by atoms with van der Waals surface area (Å²) < 4.78 is 5.32. The van der Waals surface area contributed by atoms with E-state index in [0.717, 1.165) is 18.9 Å². The minimum atomic E-state index is 0.182. The number of hydrogen-bond donors (Lipinski definition) is 1. The SMILES string of the molecule is CC(C)[C@H]1CN(CC(=O)N2CCOCC2)C[C@@H]1Nc1cccc(C#N)n1. The first-order chi connectivity index (χ1) is 12.6. The Kier molecular flexibility index (Phi) is 6.07. The molecule has 1 aromatic rings. The van der Waals surface area contributed by atoms with Crippen LogP contribution in [0.5, 0.6) is 0 Å². The smallest absolute Gasteiger partial charge is 0.236 e. The monoisotopic (exact) mass is 357 g/mol. The summed E-state index contributed by atoms with van der Waals surface area (Å²) in [6.07, 6.45) is 0. The average Bonchev–Trinajstić information content (AvgIpc) is 3.05. The molecule has 3 heterocycles. The summed E-state index contributed by atoms with van der Waals surface area (Å²) in [5, 5.41) is 12.5. The van der Waals surface area contributed by atoms with Crippen LogP contribution in [0.1, 0.15) is 19.5 Å². The second-order valence-electron chi connectivity index (χ2n) is 7.37. The quantitative estimate of drug-likeness (QED) is 0.852. The van der Waals surface area contributed by atoms with E-state index in [1.807, 2.05) is 17.0 Å². The zero-order valence-electron chi connectivity index (χ0n) is 15.5. The number of anilines is 1. The second kappa shape index (κ2) is 8.47. The fourth-order valence-electron chi connectivity index (χ4n) is 3.74. The molecule has 1 amide bonds. The summed E-state index contributed by atoms with van der Waals surface area (Å²) in [5.41, 5.74) is 0.411. The Morgan fingerprint density at radius 3 is 2.85 bits per heavy atom. The number of likely N-dealkylation sites (tertiary alicyclic amines) is 1. The van der Waals surface area contributed by atoms with Crippen molar-refractivity contribution in [3.8, 4) is 6.07 Å². The van der Waals surface area contributed by atoms with Gasteiger partial charge in [-0.3, -0.25) is 9.69 Å². The number of amides is 1. The van der Waals surface area contributed by atoms with Gasteiger partial charge in [0, 0.05) is 32.2 Å². The minimum Gasteiger partial charge on any atom is -0.378 e. The summed E-state index contributed by atoms with van der Waals surface area (Å²) in [6.45, 7) is 9.21. The molecule has 0 bridgehead atoms. The van der Waals surface area contributed by atoms with Crippen molar-refractivity contribution in [3.05, 3.63) is 23.9 Å². The number of carbonyl (C=O) groups excluding carboxylic acids is 1. The van der Waals surface area contributed by atoms with E-state index in [0.29, 0.717) is 50.4 Å². The maximum Gasteiger partial charge on any atom is 0.236 e. The molecule has 1 N–H and O–H groups in total. The number of rotatable bonds is 5. The van der Waals surface area contributed by atoms with E-state index in [9.17, 15) is 4.79 Å². The third-order valence-electron chi connectivity index (χ3n) is 5.22. The largest absolute Gasteiger partial charge is 0.378 e. The van der Waals surface area contributed by atoms with Crippen LogP contribution in [0.25, 0.3) is 0 Å². The number of hydrogen-bond acceptors (Lipinski definition) is 6. The van der Waals surface area contributed by atoms with E-state index in [2.05, 4.69) is 35.1 Å². The molecule has 0 aliphatic carbocycles. The van der Waals surface area contributed by atoms with E-state index in [-0.39, 0.29) is 11.9 Å². The predicted molar refractivity (Wildman–Crippen MR) is 98.5 cm³/mol. The van der Waals surface area contributed by atoms with E-state index in [1.165, 1.54) is 0 Å². The van der Waals surface area contributed by atoms with Gasteiger partial charge in [0.25, 0.3) is 0 Å². The molecule has 2 saturated heterocycles. The van der Waals surface area contributed by atoms with Crippen molar-refractivity contribution < 1.29 is 9.53 Å². The first-order valence-corrected chi connectivity index (χ1v) is 9.28. The van der Waals surface area contributed by atoms with Crippen LogP contribution in [0.4, 0.5) is 5.82 Å². The molecule has 2 aliphatic heterocycles. The van der Waals surface area contributed by atoms with Crippen LogP contribution in [0.2, 0.25) is 0 Å². The Morgan fingerprint density at radius 2 is 2.15 bits per heavy atom. The second-order valence-corrected chi connectivity index (χ2v) is 7.37. The molecule has 7 heteroatoms. The molecule has 140 valence electrons. The van der Waals surface area contributed by atoms with Crippen molar-refractivity contribution in [2.45, 2.75) is 19.9 Å². The van der Waals surface area contributed by atoms with Gasteiger partial charge in [-0.25, -0.2) is 4.98 Å². The van der Waals surface area contributed by atoms with Gasteiger partial charge in [-0.05, 0) is 24.0 Å². The fraction of sp³-hybridized carbons (Fsp3) is 0.632. The van der Waals surface area contributed by atoms with Crippen LogP contribution >= 0.6 is 0 Å². The Bertz CT molecular complexity index is 666. The number of nitrogens with one attached hydrogen (secondary N) is 1. The molecule has 0 unspecified atom stereocenters. The summed E-state index contributed by atoms with van der Waals surface area (Å²) in [6, 6.07) is 7.72. The van der Waals surface area contributed by atoms with Crippen LogP contribution in [-0.2, 0) is 9.53 Å². The van der Waals surface area contributed by atoms with Crippen molar-refractivity contribution in [1.82, 2.24) is 14.8 Å². The van der Waals surface area contributed by atoms with Gasteiger partial charge in [0.2, 0.25) is 5.91 Å². The summed E-state index contributed by atoms with van der Waals surface area (Å²) in [4.78, 5) is 21.0. The first kappa shape index (κ1) is 18.6. The van der Waals surface area contributed by atoms with Gasteiger partial charge in [-0.2, -0.15) is 5.26 Å². The van der Waals surface area contributed by atoms with Gasteiger partial charge in [-0.15, -0.1) is 0 Å². The molecule has 2 fully saturated rings. The number of aromatic nitrogens is 1. The highest BCUT2D eigenvalue weighted by Gasteiger charge is 2.36. The lowest BCUT2D eigenvalue weighted by Crippen LogP contribution is -2.45. The van der Waals surface area contributed by atoms with Crippen molar-refractivity contribution in [2.24, 2.45) is 11.8 Å². The highest BCUT2D eigenvalue weighted by Crippen LogP contribution is 2.27. The Morgan fingerprint density at radius 1 is 1.38 bits per heavy atom. The van der Waals surface area contributed by atoms with Crippen molar-refractivity contribution in [1.29, 1.82) is 5.26 Å². The lowest BCUT2D eigenvalue weighted by molar-refractivity contribution is -0.136. The maximum absolute atomic E-state index is 12.5. The van der Waals surface area contributed by atoms with Crippen LogP contribution in [0.3, 0.4) is 0 Å². The molecule has 3 rings (SSSR count). The molecule has 7 nitrogen and oxygen atoms in total. The molecular weight excluding hydrogens is 330 g/mol. The van der Waals surface area contributed by atoms with Crippen LogP contribution in [0.15, 0.2) is 18.2 Å². The number of ether oxygens (including phenoxy) is 1. The summed E-state index contributed by atoms with van der Waals surface area (Å²) in [5.74, 6) is 1.83. The summed E-state index contributed by atoms with van der Waals surface area (Å²) in [7, 11) is 0. The number of nitriles is 1. The third-order valence-corrected chi connectivity index (χ3v) is 5.22. The highest BCUT2D eigenvalue weighted by molar-refractivity contribution is 5.78. The van der Waals surface area contributed by atoms with E-state index in [1.54, 1.807) is 6.07 Å². The molecule has 0 spiro atoms. The Labute approximate surface area is 154 Å². The van der Waals surface area contributed by atoms with Gasteiger partial charge in [0.15, 0.2) is 0 Å². The maximum atomic E-state index is 12.5. The number of morpholine rings is 1. The Balaban J connectivity index is 1.62. The molecule has 2 aliphatic rings. The molecule has 0 radical (unpaired) electrons.